The minimum absolute atomic E-state index is 0.0870. The molecule has 0 aliphatic rings. The molecule has 0 unspecified atom stereocenters. The molecule has 0 spiro atoms. The van der Waals surface area contributed by atoms with E-state index >= 15 is 0 Å². The van der Waals surface area contributed by atoms with Crippen LogP contribution in [-0.2, 0) is 13.1 Å². The molecule has 5 heteroatoms. The normalized spacial score (nSPS) is 10.9. The number of thiocarbonyl (C=S) groups is 1. The van der Waals surface area contributed by atoms with Crippen molar-refractivity contribution in [3.63, 3.8) is 0 Å². The first-order valence-corrected chi connectivity index (χ1v) is 7.67. The fourth-order valence-corrected chi connectivity index (χ4v) is 2.79. The van der Waals surface area contributed by atoms with Gasteiger partial charge in [0.1, 0.15) is 10.8 Å². The van der Waals surface area contributed by atoms with Crippen LogP contribution in [0.4, 0.5) is 4.39 Å². The largest absolute Gasteiger partial charge is 0.389 e. The fourth-order valence-electron chi connectivity index (χ4n) is 2.19. The number of halogens is 2. The summed E-state index contributed by atoms with van der Waals surface area (Å²) in [6, 6.07) is 13.2. The van der Waals surface area contributed by atoms with Crippen LogP contribution in [0, 0.1) is 5.82 Å². The second kappa shape index (κ2) is 7.11. The van der Waals surface area contributed by atoms with Gasteiger partial charge in [-0.1, -0.05) is 52.4 Å². The number of benzene rings is 2. The van der Waals surface area contributed by atoms with Crippen LogP contribution in [0.15, 0.2) is 46.9 Å². The maximum Gasteiger partial charge on any atom is 0.137 e. The van der Waals surface area contributed by atoms with Crippen molar-refractivity contribution in [1.29, 1.82) is 0 Å². The Morgan fingerprint density at radius 3 is 2.62 bits per heavy atom. The van der Waals surface area contributed by atoms with Gasteiger partial charge in [0, 0.05) is 28.7 Å². The second-order valence-electron chi connectivity index (χ2n) is 4.95. The highest BCUT2D eigenvalue weighted by molar-refractivity contribution is 9.10. The molecule has 0 saturated heterocycles. The lowest BCUT2D eigenvalue weighted by molar-refractivity contribution is 0.313. The number of nitrogens with zero attached hydrogens (tertiary/aromatic N) is 1. The van der Waals surface area contributed by atoms with E-state index in [-0.39, 0.29) is 10.8 Å². The van der Waals surface area contributed by atoms with Gasteiger partial charge < -0.3 is 5.73 Å². The van der Waals surface area contributed by atoms with E-state index in [1.807, 2.05) is 30.1 Å². The van der Waals surface area contributed by atoms with Crippen LogP contribution >= 0.6 is 28.1 Å². The van der Waals surface area contributed by atoms with Crippen LogP contribution in [0.5, 0.6) is 0 Å². The van der Waals surface area contributed by atoms with Crippen molar-refractivity contribution in [2.75, 3.05) is 7.05 Å². The van der Waals surface area contributed by atoms with E-state index in [4.69, 9.17) is 18.0 Å². The molecule has 2 N–H and O–H groups in total. The van der Waals surface area contributed by atoms with Crippen molar-refractivity contribution < 1.29 is 4.39 Å². The van der Waals surface area contributed by atoms with Crippen LogP contribution in [0.2, 0.25) is 0 Å². The second-order valence-corrected chi connectivity index (χ2v) is 6.30. The van der Waals surface area contributed by atoms with E-state index < -0.39 is 0 Å². The molecule has 21 heavy (non-hydrogen) atoms. The lowest BCUT2D eigenvalue weighted by Crippen LogP contribution is -2.19. The summed E-state index contributed by atoms with van der Waals surface area (Å²) < 4.78 is 15.3. The Kier molecular flexibility index (Phi) is 5.45. The zero-order valence-corrected chi connectivity index (χ0v) is 14.0. The first-order chi connectivity index (χ1) is 9.97. The van der Waals surface area contributed by atoms with Gasteiger partial charge in [-0.2, -0.15) is 0 Å². The Morgan fingerprint density at radius 2 is 1.95 bits per heavy atom. The van der Waals surface area contributed by atoms with Crippen LogP contribution in [-0.4, -0.2) is 16.9 Å². The molecular formula is C16H16BrFN2S. The van der Waals surface area contributed by atoms with E-state index in [0.717, 1.165) is 16.6 Å². The Labute approximate surface area is 137 Å². The van der Waals surface area contributed by atoms with Crippen molar-refractivity contribution in [2.24, 2.45) is 5.73 Å². The lowest BCUT2D eigenvalue weighted by Gasteiger charge is -2.18. The molecule has 2 rings (SSSR count). The number of hydrogen-bond donors (Lipinski definition) is 1. The third-order valence-corrected chi connectivity index (χ3v) is 3.84. The predicted molar refractivity (Wildman–Crippen MR) is 91.6 cm³/mol. The summed E-state index contributed by atoms with van der Waals surface area (Å²) >= 11 is 8.31. The molecule has 0 atom stereocenters. The summed E-state index contributed by atoms with van der Waals surface area (Å²) in [5.41, 5.74) is 7.59. The van der Waals surface area contributed by atoms with E-state index in [9.17, 15) is 4.39 Å². The first kappa shape index (κ1) is 16.1. The van der Waals surface area contributed by atoms with Crippen molar-refractivity contribution in [1.82, 2.24) is 4.90 Å². The fraction of sp³-hybridized carbons (Fsp3) is 0.188. The van der Waals surface area contributed by atoms with E-state index in [1.54, 1.807) is 18.2 Å². The number of nitrogens with two attached hydrogens (primary N) is 1. The van der Waals surface area contributed by atoms with Gasteiger partial charge in [-0.05, 0) is 30.8 Å². The quantitative estimate of drug-likeness (QED) is 0.814. The highest BCUT2D eigenvalue weighted by atomic mass is 79.9. The van der Waals surface area contributed by atoms with Gasteiger partial charge in [0.2, 0.25) is 0 Å². The van der Waals surface area contributed by atoms with Crippen molar-refractivity contribution in [3.8, 4) is 0 Å². The Morgan fingerprint density at radius 1 is 1.24 bits per heavy atom. The lowest BCUT2D eigenvalue weighted by atomic mass is 10.1. The summed E-state index contributed by atoms with van der Waals surface area (Å²) in [6.07, 6.45) is 0. The van der Waals surface area contributed by atoms with Gasteiger partial charge >= 0.3 is 0 Å². The van der Waals surface area contributed by atoms with Gasteiger partial charge in [0.05, 0.1) is 0 Å². The monoisotopic (exact) mass is 366 g/mol. The molecule has 0 heterocycles. The molecule has 0 saturated carbocycles. The van der Waals surface area contributed by atoms with Gasteiger partial charge in [-0.25, -0.2) is 4.39 Å². The third-order valence-electron chi connectivity index (χ3n) is 3.13. The maximum atomic E-state index is 14.3. The van der Waals surface area contributed by atoms with Gasteiger partial charge in [-0.3, -0.25) is 4.90 Å². The standard InChI is InChI=1S/C16H16BrFN2S/c1-20(9-11-4-2-6-13(17)8-11)10-12-5-3-7-14(15(12)18)16(19)21/h2-8H,9-10H2,1H3,(H2,19,21). The molecule has 2 aromatic rings. The Hall–Kier alpha value is -1.30. The molecular weight excluding hydrogens is 351 g/mol. The molecule has 0 amide bonds. The van der Waals surface area contributed by atoms with Crippen LogP contribution in [0.1, 0.15) is 16.7 Å². The summed E-state index contributed by atoms with van der Waals surface area (Å²) in [4.78, 5) is 2.13. The molecule has 110 valence electrons. The zero-order valence-electron chi connectivity index (χ0n) is 11.6. The van der Waals surface area contributed by atoms with Gasteiger partial charge in [-0.15, -0.1) is 0 Å². The van der Waals surface area contributed by atoms with Crippen molar-refractivity contribution in [3.05, 3.63) is 69.4 Å². The molecule has 0 aliphatic carbocycles. The summed E-state index contributed by atoms with van der Waals surface area (Å²) in [6.45, 7) is 1.23. The Bertz CT molecular complexity index is 660. The average molecular weight is 367 g/mol. The van der Waals surface area contributed by atoms with Crippen LogP contribution in [0.25, 0.3) is 0 Å². The molecule has 0 radical (unpaired) electrons. The first-order valence-electron chi connectivity index (χ1n) is 6.47. The predicted octanol–water partition coefficient (Wildman–Crippen LogP) is 3.85. The smallest absolute Gasteiger partial charge is 0.137 e. The van der Waals surface area contributed by atoms with Crippen LogP contribution < -0.4 is 5.73 Å². The van der Waals surface area contributed by atoms with E-state index in [2.05, 4.69) is 22.0 Å². The zero-order chi connectivity index (χ0) is 15.4. The molecule has 0 aromatic heterocycles. The molecule has 0 fully saturated rings. The third kappa shape index (κ3) is 4.33. The van der Waals surface area contributed by atoms with Crippen molar-refractivity contribution in [2.45, 2.75) is 13.1 Å². The minimum atomic E-state index is -0.328. The summed E-state index contributed by atoms with van der Waals surface area (Å²) in [5.74, 6) is -0.328. The van der Waals surface area contributed by atoms with Gasteiger partial charge in [0.15, 0.2) is 0 Å². The maximum absolute atomic E-state index is 14.3. The highest BCUT2D eigenvalue weighted by Crippen LogP contribution is 2.17. The average Bonchev–Trinajstić information content (AvgIpc) is 2.40. The van der Waals surface area contributed by atoms with Gasteiger partial charge in [0.25, 0.3) is 0 Å². The van der Waals surface area contributed by atoms with Crippen molar-refractivity contribution >= 4 is 33.1 Å². The SMILES string of the molecule is CN(Cc1cccc(Br)c1)Cc1cccc(C(N)=S)c1F. The number of rotatable bonds is 5. The van der Waals surface area contributed by atoms with E-state index in [0.29, 0.717) is 17.7 Å². The van der Waals surface area contributed by atoms with E-state index in [1.165, 1.54) is 0 Å². The topological polar surface area (TPSA) is 29.3 Å². The highest BCUT2D eigenvalue weighted by Gasteiger charge is 2.12. The number of hydrogen-bond acceptors (Lipinski definition) is 2. The summed E-state index contributed by atoms with van der Waals surface area (Å²) in [5, 5.41) is 0. The molecule has 0 bridgehead atoms. The molecule has 0 aliphatic heterocycles. The van der Waals surface area contributed by atoms with Crippen LogP contribution in [0.3, 0.4) is 0 Å². The molecule has 2 nitrogen and oxygen atoms in total. The molecule has 2 aromatic carbocycles. The minimum Gasteiger partial charge on any atom is -0.389 e. The Balaban J connectivity index is 2.11. The summed E-state index contributed by atoms with van der Waals surface area (Å²) in [7, 11) is 1.95.